The molecule has 2 heterocycles. The zero-order chi connectivity index (χ0) is 11.7. The van der Waals surface area contributed by atoms with Crippen LogP contribution in [-0.4, -0.2) is 9.97 Å². The molecule has 2 aromatic rings. The molecular weight excluding hydrogens is 220 g/mol. The Balaban J connectivity index is 2.23. The van der Waals surface area contributed by atoms with Gasteiger partial charge in [-0.1, -0.05) is 0 Å². The number of aryl methyl sites for hydroxylation is 3. The first-order valence-corrected chi connectivity index (χ1v) is 5.82. The molecule has 84 valence electrons. The normalized spacial score (nSPS) is 10.4. The lowest BCUT2D eigenvalue weighted by Gasteiger charge is -2.04. The van der Waals surface area contributed by atoms with Gasteiger partial charge in [-0.3, -0.25) is 0 Å². The molecule has 2 rings (SSSR count). The van der Waals surface area contributed by atoms with Gasteiger partial charge in [0.1, 0.15) is 5.82 Å². The van der Waals surface area contributed by atoms with Crippen LogP contribution in [0.25, 0.3) is 0 Å². The zero-order valence-corrected chi connectivity index (χ0v) is 10.4. The summed E-state index contributed by atoms with van der Waals surface area (Å²) in [5.41, 5.74) is 8.30. The summed E-state index contributed by atoms with van der Waals surface area (Å²) < 4.78 is 0. The summed E-state index contributed by atoms with van der Waals surface area (Å²) in [4.78, 5) is 9.95. The predicted octanol–water partition coefficient (Wildman–Crippen LogP) is 2.79. The monoisotopic (exact) mass is 234 g/mol. The van der Waals surface area contributed by atoms with E-state index in [1.807, 2.05) is 26.0 Å². The largest absolute Gasteiger partial charge is 0.397 e. The number of thiazole rings is 1. The van der Waals surface area contributed by atoms with Gasteiger partial charge in [-0.15, -0.1) is 11.3 Å². The van der Waals surface area contributed by atoms with Crippen molar-refractivity contribution in [1.29, 1.82) is 0 Å². The second-order valence-corrected chi connectivity index (χ2v) is 4.86. The number of pyridine rings is 1. The molecule has 0 aliphatic carbocycles. The molecule has 0 unspecified atom stereocenters. The van der Waals surface area contributed by atoms with Crippen LogP contribution in [0.3, 0.4) is 0 Å². The van der Waals surface area contributed by atoms with Gasteiger partial charge in [0, 0.05) is 4.88 Å². The van der Waals surface area contributed by atoms with E-state index >= 15 is 0 Å². The average Bonchev–Trinajstić information content (AvgIpc) is 2.52. The summed E-state index contributed by atoms with van der Waals surface area (Å²) in [7, 11) is 0. The molecule has 2 aromatic heterocycles. The Kier molecular flexibility index (Phi) is 2.78. The number of aromatic nitrogens is 2. The second kappa shape index (κ2) is 4.09. The summed E-state index contributed by atoms with van der Waals surface area (Å²) in [5.74, 6) is 0.778. The minimum atomic E-state index is 0.706. The highest BCUT2D eigenvalue weighted by Gasteiger charge is 2.05. The molecular formula is C11H14N4S. The predicted molar refractivity (Wildman–Crippen MR) is 68.3 cm³/mol. The molecule has 16 heavy (non-hydrogen) atoms. The zero-order valence-electron chi connectivity index (χ0n) is 9.53. The third-order valence-electron chi connectivity index (χ3n) is 2.39. The number of nitrogens with zero attached hydrogens (tertiary/aromatic N) is 2. The molecule has 0 radical (unpaired) electrons. The highest BCUT2D eigenvalue weighted by atomic mass is 32.1. The molecule has 0 fully saturated rings. The Hall–Kier alpha value is -1.62. The fourth-order valence-electron chi connectivity index (χ4n) is 1.28. The maximum Gasteiger partial charge on any atom is 0.188 e. The Labute approximate surface area is 98.6 Å². The fourth-order valence-corrected chi connectivity index (χ4v) is 2.10. The van der Waals surface area contributed by atoms with E-state index in [1.54, 1.807) is 11.3 Å². The standard InChI is InChI=1S/C11H14N4S/c1-6-8(3)16-11(14-6)15-10-5-4-9(12)7(2)13-10/h4-5H,12H2,1-3H3,(H,13,14,15). The summed E-state index contributed by atoms with van der Waals surface area (Å²) in [6, 6.07) is 3.70. The molecule has 0 saturated heterocycles. The third-order valence-corrected chi connectivity index (χ3v) is 3.38. The highest BCUT2D eigenvalue weighted by Crippen LogP contribution is 2.24. The molecule has 3 N–H and O–H groups in total. The van der Waals surface area contributed by atoms with Gasteiger partial charge in [0.25, 0.3) is 0 Å². The number of nitrogens with two attached hydrogens (primary N) is 1. The molecule has 0 aliphatic heterocycles. The lowest BCUT2D eigenvalue weighted by Crippen LogP contribution is -1.97. The smallest absolute Gasteiger partial charge is 0.188 e. The maximum absolute atomic E-state index is 5.71. The van der Waals surface area contributed by atoms with Gasteiger partial charge >= 0.3 is 0 Å². The van der Waals surface area contributed by atoms with E-state index in [2.05, 4.69) is 22.2 Å². The molecule has 0 saturated carbocycles. The fraction of sp³-hybridized carbons (Fsp3) is 0.273. The van der Waals surface area contributed by atoms with Crippen molar-refractivity contribution < 1.29 is 0 Å². The first-order valence-electron chi connectivity index (χ1n) is 5.00. The van der Waals surface area contributed by atoms with E-state index in [0.29, 0.717) is 5.69 Å². The van der Waals surface area contributed by atoms with Crippen LogP contribution in [0.15, 0.2) is 12.1 Å². The van der Waals surface area contributed by atoms with E-state index < -0.39 is 0 Å². The third kappa shape index (κ3) is 2.14. The molecule has 0 bridgehead atoms. The SMILES string of the molecule is Cc1nc(Nc2nc(C)c(C)s2)ccc1N. The van der Waals surface area contributed by atoms with Crippen LogP contribution < -0.4 is 11.1 Å². The molecule has 0 spiro atoms. The first-order chi connectivity index (χ1) is 7.56. The number of hydrogen-bond acceptors (Lipinski definition) is 5. The lowest BCUT2D eigenvalue weighted by atomic mass is 10.3. The van der Waals surface area contributed by atoms with E-state index in [0.717, 1.165) is 22.3 Å². The molecule has 5 heteroatoms. The summed E-state index contributed by atoms with van der Waals surface area (Å²) >= 11 is 1.63. The van der Waals surface area contributed by atoms with E-state index in [1.165, 1.54) is 4.88 Å². The van der Waals surface area contributed by atoms with Crippen molar-refractivity contribution in [1.82, 2.24) is 9.97 Å². The van der Waals surface area contributed by atoms with Gasteiger partial charge in [-0.25, -0.2) is 9.97 Å². The van der Waals surface area contributed by atoms with Crippen LogP contribution in [0.2, 0.25) is 0 Å². The maximum atomic E-state index is 5.71. The minimum absolute atomic E-state index is 0.706. The average molecular weight is 234 g/mol. The minimum Gasteiger partial charge on any atom is -0.397 e. The molecule has 0 amide bonds. The highest BCUT2D eigenvalue weighted by molar-refractivity contribution is 7.15. The van der Waals surface area contributed by atoms with Gasteiger partial charge in [0.2, 0.25) is 0 Å². The van der Waals surface area contributed by atoms with E-state index in [9.17, 15) is 0 Å². The van der Waals surface area contributed by atoms with Crippen molar-refractivity contribution >= 4 is 28.0 Å². The van der Waals surface area contributed by atoms with Gasteiger partial charge < -0.3 is 11.1 Å². The van der Waals surface area contributed by atoms with Crippen LogP contribution in [0.5, 0.6) is 0 Å². The molecule has 0 atom stereocenters. The Morgan fingerprint density at radius 2 is 1.88 bits per heavy atom. The lowest BCUT2D eigenvalue weighted by molar-refractivity contribution is 1.18. The van der Waals surface area contributed by atoms with Crippen LogP contribution >= 0.6 is 11.3 Å². The second-order valence-electron chi connectivity index (χ2n) is 3.66. The van der Waals surface area contributed by atoms with Crippen molar-refractivity contribution in [3.05, 3.63) is 28.4 Å². The van der Waals surface area contributed by atoms with Crippen molar-refractivity contribution in [2.75, 3.05) is 11.1 Å². The van der Waals surface area contributed by atoms with Crippen LogP contribution in [0.1, 0.15) is 16.3 Å². The van der Waals surface area contributed by atoms with Gasteiger partial charge in [-0.2, -0.15) is 0 Å². The summed E-state index contributed by atoms with van der Waals surface area (Å²) in [6.07, 6.45) is 0. The molecule has 4 nitrogen and oxygen atoms in total. The number of rotatable bonds is 2. The van der Waals surface area contributed by atoms with Crippen molar-refractivity contribution in [3.8, 4) is 0 Å². The Bertz CT molecular complexity index is 499. The van der Waals surface area contributed by atoms with Crippen molar-refractivity contribution in [3.63, 3.8) is 0 Å². The number of anilines is 3. The van der Waals surface area contributed by atoms with Crippen molar-refractivity contribution in [2.45, 2.75) is 20.8 Å². The first kappa shape index (κ1) is 10.9. The van der Waals surface area contributed by atoms with Crippen molar-refractivity contribution in [2.24, 2.45) is 0 Å². The van der Waals surface area contributed by atoms with Crippen LogP contribution in [0, 0.1) is 20.8 Å². The topological polar surface area (TPSA) is 63.8 Å². The number of hydrogen-bond donors (Lipinski definition) is 2. The van der Waals surface area contributed by atoms with Gasteiger partial charge in [0.05, 0.1) is 17.1 Å². The van der Waals surface area contributed by atoms with Crippen LogP contribution in [0.4, 0.5) is 16.6 Å². The molecule has 0 aliphatic rings. The van der Waals surface area contributed by atoms with E-state index in [4.69, 9.17) is 5.73 Å². The summed E-state index contributed by atoms with van der Waals surface area (Å²) in [6.45, 7) is 5.94. The number of nitrogen functional groups attached to an aromatic ring is 1. The molecule has 0 aromatic carbocycles. The number of nitrogens with one attached hydrogen (secondary N) is 1. The Morgan fingerprint density at radius 3 is 2.44 bits per heavy atom. The van der Waals surface area contributed by atoms with Gasteiger partial charge in [-0.05, 0) is 32.9 Å². The quantitative estimate of drug-likeness (QED) is 0.838. The Morgan fingerprint density at radius 1 is 1.12 bits per heavy atom. The van der Waals surface area contributed by atoms with E-state index in [-0.39, 0.29) is 0 Å². The van der Waals surface area contributed by atoms with Gasteiger partial charge in [0.15, 0.2) is 5.13 Å². The summed E-state index contributed by atoms with van der Waals surface area (Å²) in [5, 5.41) is 4.04. The van der Waals surface area contributed by atoms with Crippen LogP contribution in [-0.2, 0) is 0 Å².